The van der Waals surface area contributed by atoms with E-state index < -0.39 is 35.1 Å². The minimum atomic E-state index is -1.36. The number of nitrogens with one attached hydrogen (secondary N) is 3. The van der Waals surface area contributed by atoms with Crippen molar-refractivity contribution >= 4 is 40.7 Å². The molecule has 2 fully saturated rings. The Balaban J connectivity index is 1.62. The molecule has 2 aromatic rings. The van der Waals surface area contributed by atoms with E-state index >= 15 is 0 Å². The average molecular weight is 579 g/mol. The van der Waals surface area contributed by atoms with Gasteiger partial charge >= 0.3 is 0 Å². The van der Waals surface area contributed by atoms with Crippen molar-refractivity contribution in [1.29, 1.82) is 0 Å². The number of fused-ring (bicyclic) bond motifs is 2. The summed E-state index contributed by atoms with van der Waals surface area (Å²) in [5.41, 5.74) is -0.227. The van der Waals surface area contributed by atoms with Crippen LogP contribution < -0.4 is 16.0 Å². The summed E-state index contributed by atoms with van der Waals surface area (Å²) < 4.78 is 29.2. The molecular formula is C30H35Cl2F2N3O2. The number of hydrogen-bond acceptors (Lipinski definition) is 3. The summed E-state index contributed by atoms with van der Waals surface area (Å²) in [5, 5.41) is 9.27. The molecule has 1 spiro atoms. The molecule has 9 heteroatoms. The predicted molar refractivity (Wildman–Crippen MR) is 150 cm³/mol. The van der Waals surface area contributed by atoms with Crippen LogP contribution in [0.1, 0.15) is 76.3 Å². The number of benzene rings is 2. The highest BCUT2D eigenvalue weighted by Crippen LogP contribution is 2.57. The zero-order chi connectivity index (χ0) is 28.1. The molecule has 1 aliphatic carbocycles. The standard InChI is InChI=1S/C30H35Cl2F2N3O2/c1-29(2,3)15-24-30(18-13-22(34)20(32)14-23(18)36-28(30)39)25(17-8-9-21(33)19(31)12-17)26(37-24)27(38)35-11-10-16-6-4-5-7-16/h8-9,12-14,16,24-26,37H,4-7,10-11,15H2,1-3H3,(H,35,38)(H,36,39)/t24-,25+,26-,30+/m1/s1. The summed E-state index contributed by atoms with van der Waals surface area (Å²) in [6, 6.07) is 5.62. The Morgan fingerprint density at radius 2 is 1.77 bits per heavy atom. The van der Waals surface area contributed by atoms with Crippen molar-refractivity contribution in [2.24, 2.45) is 11.3 Å². The highest BCUT2D eigenvalue weighted by molar-refractivity contribution is 6.31. The number of amides is 2. The fourth-order valence-corrected chi connectivity index (χ4v) is 7.30. The Morgan fingerprint density at radius 1 is 1.08 bits per heavy atom. The van der Waals surface area contributed by atoms with Gasteiger partial charge in [-0.2, -0.15) is 0 Å². The summed E-state index contributed by atoms with van der Waals surface area (Å²) in [7, 11) is 0. The molecule has 2 aromatic carbocycles. The second-order valence-electron chi connectivity index (χ2n) is 12.5. The molecule has 5 nitrogen and oxygen atoms in total. The topological polar surface area (TPSA) is 70.2 Å². The van der Waals surface area contributed by atoms with Crippen LogP contribution in [0.15, 0.2) is 30.3 Å². The molecule has 0 unspecified atom stereocenters. The van der Waals surface area contributed by atoms with Crippen LogP contribution in [0.3, 0.4) is 0 Å². The number of hydrogen-bond donors (Lipinski definition) is 3. The van der Waals surface area contributed by atoms with E-state index in [4.69, 9.17) is 23.2 Å². The Labute approximate surface area is 238 Å². The normalized spacial score (nSPS) is 26.7. The maximum absolute atomic E-state index is 15.0. The lowest BCUT2D eigenvalue weighted by molar-refractivity contribution is -0.123. The minimum Gasteiger partial charge on any atom is -0.355 e. The van der Waals surface area contributed by atoms with Gasteiger partial charge < -0.3 is 16.0 Å². The Kier molecular flexibility index (Phi) is 7.72. The van der Waals surface area contributed by atoms with Gasteiger partial charge in [0.05, 0.1) is 16.1 Å². The molecule has 2 amide bonds. The van der Waals surface area contributed by atoms with E-state index in [0.29, 0.717) is 35.7 Å². The summed E-state index contributed by atoms with van der Waals surface area (Å²) in [5.74, 6) is -2.03. The van der Waals surface area contributed by atoms with Crippen molar-refractivity contribution in [1.82, 2.24) is 10.6 Å². The van der Waals surface area contributed by atoms with Gasteiger partial charge in [-0.3, -0.25) is 9.59 Å². The first kappa shape index (κ1) is 28.3. The van der Waals surface area contributed by atoms with E-state index in [0.717, 1.165) is 6.42 Å². The lowest BCUT2D eigenvalue weighted by atomic mass is 9.62. The van der Waals surface area contributed by atoms with Crippen LogP contribution in [0.25, 0.3) is 0 Å². The number of anilines is 1. The molecule has 0 aromatic heterocycles. The zero-order valence-corrected chi connectivity index (χ0v) is 24.0. The lowest BCUT2D eigenvalue weighted by Gasteiger charge is -2.37. The van der Waals surface area contributed by atoms with Crippen molar-refractivity contribution in [2.45, 2.75) is 82.7 Å². The molecule has 4 atom stereocenters. The van der Waals surface area contributed by atoms with E-state index in [1.807, 2.05) is 0 Å². The first-order valence-electron chi connectivity index (χ1n) is 13.7. The van der Waals surface area contributed by atoms with Gasteiger partial charge in [-0.05, 0) is 59.6 Å². The summed E-state index contributed by atoms with van der Waals surface area (Å²) in [6.45, 7) is 6.69. The van der Waals surface area contributed by atoms with Crippen molar-refractivity contribution < 1.29 is 18.4 Å². The van der Waals surface area contributed by atoms with Crippen molar-refractivity contribution in [3.05, 3.63) is 63.1 Å². The smallest absolute Gasteiger partial charge is 0.237 e. The van der Waals surface area contributed by atoms with E-state index in [-0.39, 0.29) is 27.3 Å². The fraction of sp³-hybridized carbons (Fsp3) is 0.533. The highest BCUT2D eigenvalue weighted by Gasteiger charge is 2.65. The molecule has 39 heavy (non-hydrogen) atoms. The van der Waals surface area contributed by atoms with Crippen molar-refractivity contribution in [2.75, 3.05) is 11.9 Å². The van der Waals surface area contributed by atoms with Crippen LogP contribution in [0, 0.1) is 23.0 Å². The molecule has 2 heterocycles. The second-order valence-corrected chi connectivity index (χ2v) is 13.3. The number of rotatable bonds is 6. The van der Waals surface area contributed by atoms with Gasteiger partial charge in [-0.15, -0.1) is 0 Å². The molecule has 3 aliphatic rings. The largest absolute Gasteiger partial charge is 0.355 e. The van der Waals surface area contributed by atoms with E-state index in [9.17, 15) is 18.4 Å². The van der Waals surface area contributed by atoms with Crippen molar-refractivity contribution in [3.8, 4) is 0 Å². The summed E-state index contributed by atoms with van der Waals surface area (Å²) >= 11 is 12.3. The van der Waals surface area contributed by atoms with Crippen LogP contribution in [-0.2, 0) is 15.0 Å². The quantitative estimate of drug-likeness (QED) is 0.357. The third kappa shape index (κ3) is 5.18. The van der Waals surface area contributed by atoms with E-state index in [2.05, 4.69) is 36.7 Å². The molecule has 210 valence electrons. The Bertz CT molecular complexity index is 1290. The average Bonchev–Trinajstić information content (AvgIpc) is 3.55. The number of carbonyl (C=O) groups is 2. The third-order valence-electron chi connectivity index (χ3n) is 8.61. The van der Waals surface area contributed by atoms with Gasteiger partial charge in [0.15, 0.2) is 0 Å². The molecule has 2 aliphatic heterocycles. The zero-order valence-electron chi connectivity index (χ0n) is 22.5. The SMILES string of the molecule is CC(C)(C)C[C@H]1N[C@@H](C(=O)NCCC2CCCC2)[C@H](c2ccc(F)c(Cl)c2)[C@@]12C(=O)Nc1cc(Cl)c(F)cc12. The van der Waals surface area contributed by atoms with Gasteiger partial charge in [0.25, 0.3) is 0 Å². The highest BCUT2D eigenvalue weighted by atomic mass is 35.5. The summed E-state index contributed by atoms with van der Waals surface area (Å²) in [4.78, 5) is 27.9. The lowest BCUT2D eigenvalue weighted by Crippen LogP contribution is -2.49. The first-order valence-corrected chi connectivity index (χ1v) is 14.5. The van der Waals surface area contributed by atoms with E-state index in [1.54, 1.807) is 6.07 Å². The maximum Gasteiger partial charge on any atom is 0.237 e. The minimum absolute atomic E-state index is 0.105. The molecule has 1 saturated carbocycles. The van der Waals surface area contributed by atoms with Gasteiger partial charge in [0, 0.05) is 24.2 Å². The van der Waals surface area contributed by atoms with Gasteiger partial charge in [-0.1, -0.05) is 75.7 Å². The fourth-order valence-electron chi connectivity index (χ4n) is 6.95. The second kappa shape index (κ2) is 10.6. The van der Waals surface area contributed by atoms with Crippen LogP contribution in [0.4, 0.5) is 14.5 Å². The number of halogens is 4. The van der Waals surface area contributed by atoms with Crippen LogP contribution in [-0.4, -0.2) is 30.4 Å². The van der Waals surface area contributed by atoms with Gasteiger partial charge in [0.2, 0.25) is 11.8 Å². The first-order chi connectivity index (χ1) is 18.4. The molecule has 1 saturated heterocycles. The molecule has 3 N–H and O–H groups in total. The molecule has 0 radical (unpaired) electrons. The molecule has 0 bridgehead atoms. The van der Waals surface area contributed by atoms with Gasteiger partial charge in [-0.25, -0.2) is 8.78 Å². The van der Waals surface area contributed by atoms with Crippen LogP contribution in [0.5, 0.6) is 0 Å². The number of carbonyl (C=O) groups excluding carboxylic acids is 2. The monoisotopic (exact) mass is 577 g/mol. The van der Waals surface area contributed by atoms with Gasteiger partial charge in [0.1, 0.15) is 17.0 Å². The van der Waals surface area contributed by atoms with E-state index in [1.165, 1.54) is 49.9 Å². The third-order valence-corrected chi connectivity index (χ3v) is 9.19. The molecule has 5 rings (SSSR count). The van der Waals surface area contributed by atoms with Crippen LogP contribution >= 0.6 is 23.2 Å². The van der Waals surface area contributed by atoms with Crippen molar-refractivity contribution in [3.63, 3.8) is 0 Å². The maximum atomic E-state index is 15.0. The molecular weight excluding hydrogens is 543 g/mol. The van der Waals surface area contributed by atoms with Crippen LogP contribution in [0.2, 0.25) is 10.0 Å². The predicted octanol–water partition coefficient (Wildman–Crippen LogP) is 6.72. The summed E-state index contributed by atoms with van der Waals surface area (Å²) in [6.07, 6.45) is 6.22. The Morgan fingerprint density at radius 3 is 2.44 bits per heavy atom. The Hall–Kier alpha value is -2.22.